The van der Waals surface area contributed by atoms with Crippen LogP contribution in [0.2, 0.25) is 0 Å². The van der Waals surface area contributed by atoms with E-state index in [0.29, 0.717) is 13.1 Å². The Bertz CT molecular complexity index is 829. The summed E-state index contributed by atoms with van der Waals surface area (Å²) in [6.45, 7) is 1.32. The molecule has 2 aliphatic rings. The molecule has 5 nitrogen and oxygen atoms in total. The fourth-order valence-electron chi connectivity index (χ4n) is 4.28. The van der Waals surface area contributed by atoms with Crippen LogP contribution in [0.25, 0.3) is 0 Å². The molecule has 0 spiro atoms. The summed E-state index contributed by atoms with van der Waals surface area (Å²) in [4.78, 5) is 27.1. The van der Waals surface area contributed by atoms with Crippen LogP contribution in [0.1, 0.15) is 42.7 Å². The fourth-order valence-corrected chi connectivity index (χ4v) is 4.28. The molecule has 0 saturated carbocycles. The maximum atomic E-state index is 12.9. The molecule has 1 atom stereocenters. The lowest BCUT2D eigenvalue weighted by Gasteiger charge is -2.34. The zero-order chi connectivity index (χ0) is 19.3. The third kappa shape index (κ3) is 4.19. The average Bonchev–Trinajstić information content (AvgIpc) is 2.74. The minimum atomic E-state index is -0.0721. The number of nitrogens with one attached hydrogen (secondary N) is 2. The topological polar surface area (TPSA) is 61.4 Å². The van der Waals surface area contributed by atoms with E-state index in [4.69, 9.17) is 0 Å². The zero-order valence-corrected chi connectivity index (χ0v) is 16.1. The van der Waals surface area contributed by atoms with Gasteiger partial charge in [0.05, 0.1) is 5.92 Å². The van der Waals surface area contributed by atoms with Crippen LogP contribution in [0.5, 0.6) is 0 Å². The molecule has 2 aromatic carbocycles. The van der Waals surface area contributed by atoms with Gasteiger partial charge in [-0.15, -0.1) is 0 Å². The summed E-state index contributed by atoms with van der Waals surface area (Å²) in [7, 11) is 0. The van der Waals surface area contributed by atoms with Gasteiger partial charge in [0.15, 0.2) is 0 Å². The normalized spacial score (nSPS) is 19.6. The van der Waals surface area contributed by atoms with Crippen LogP contribution < -0.4 is 10.6 Å². The molecule has 2 aromatic rings. The Morgan fingerprint density at radius 2 is 1.61 bits per heavy atom. The van der Waals surface area contributed by atoms with Crippen LogP contribution in [0, 0.1) is 0 Å². The number of urea groups is 1. The van der Waals surface area contributed by atoms with E-state index in [1.807, 2.05) is 41.3 Å². The number of likely N-dealkylation sites (tertiary alicyclic amines) is 1. The van der Waals surface area contributed by atoms with E-state index < -0.39 is 0 Å². The molecule has 1 fully saturated rings. The van der Waals surface area contributed by atoms with Crippen molar-refractivity contribution in [1.82, 2.24) is 10.2 Å². The van der Waals surface area contributed by atoms with Crippen molar-refractivity contribution in [2.45, 2.75) is 44.1 Å². The molecule has 4 rings (SSSR count). The summed E-state index contributed by atoms with van der Waals surface area (Å²) in [5, 5.41) is 6.17. The second-order valence-corrected chi connectivity index (χ2v) is 7.71. The number of amides is 3. The van der Waals surface area contributed by atoms with Gasteiger partial charge in [0.25, 0.3) is 0 Å². The number of nitrogens with zero attached hydrogens (tertiary/aromatic N) is 1. The minimum absolute atomic E-state index is 0.0376. The maximum absolute atomic E-state index is 12.9. The second kappa shape index (κ2) is 8.46. The third-order valence-electron chi connectivity index (χ3n) is 5.84. The van der Waals surface area contributed by atoms with Crippen LogP contribution >= 0.6 is 0 Å². The number of fused-ring (bicyclic) bond motifs is 1. The second-order valence-electron chi connectivity index (χ2n) is 7.71. The van der Waals surface area contributed by atoms with Gasteiger partial charge < -0.3 is 15.5 Å². The van der Waals surface area contributed by atoms with E-state index in [1.165, 1.54) is 11.1 Å². The van der Waals surface area contributed by atoms with Gasteiger partial charge in [-0.05, 0) is 55.4 Å². The largest absolute Gasteiger partial charge is 0.353 e. The minimum Gasteiger partial charge on any atom is -0.353 e. The summed E-state index contributed by atoms with van der Waals surface area (Å²) in [5.74, 6) is 0.101. The summed E-state index contributed by atoms with van der Waals surface area (Å²) in [6.07, 6.45) is 4.63. The smallest absolute Gasteiger partial charge is 0.321 e. The van der Waals surface area contributed by atoms with Gasteiger partial charge in [-0.2, -0.15) is 0 Å². The summed E-state index contributed by atoms with van der Waals surface area (Å²) in [6, 6.07) is 17.9. The molecular weight excluding hydrogens is 350 g/mol. The number of carbonyl (C=O) groups excluding carboxylic acids is 2. The van der Waals surface area contributed by atoms with Crippen molar-refractivity contribution in [2.75, 3.05) is 18.4 Å². The molecule has 1 aliphatic carbocycles. The van der Waals surface area contributed by atoms with E-state index in [-0.39, 0.29) is 23.9 Å². The predicted molar refractivity (Wildman–Crippen MR) is 110 cm³/mol. The first-order valence-electron chi connectivity index (χ1n) is 10.2. The highest BCUT2D eigenvalue weighted by molar-refractivity contribution is 5.89. The monoisotopic (exact) mass is 377 g/mol. The molecule has 2 N–H and O–H groups in total. The van der Waals surface area contributed by atoms with Crippen molar-refractivity contribution < 1.29 is 9.59 Å². The van der Waals surface area contributed by atoms with Crippen LogP contribution in [0.3, 0.4) is 0 Å². The van der Waals surface area contributed by atoms with Crippen molar-refractivity contribution in [3.05, 3.63) is 65.7 Å². The number of para-hydroxylation sites is 1. The molecule has 3 amide bonds. The maximum Gasteiger partial charge on any atom is 0.321 e. The first-order chi connectivity index (χ1) is 13.7. The Kier molecular flexibility index (Phi) is 5.60. The first kappa shape index (κ1) is 18.5. The summed E-state index contributed by atoms with van der Waals surface area (Å²) in [5.41, 5.74) is 3.30. The van der Waals surface area contributed by atoms with Gasteiger partial charge in [-0.1, -0.05) is 42.5 Å². The number of hydrogen-bond acceptors (Lipinski definition) is 2. The van der Waals surface area contributed by atoms with Crippen molar-refractivity contribution in [1.29, 1.82) is 0 Å². The summed E-state index contributed by atoms with van der Waals surface area (Å²) >= 11 is 0. The van der Waals surface area contributed by atoms with Gasteiger partial charge in [0.2, 0.25) is 5.91 Å². The number of hydrogen-bond donors (Lipinski definition) is 2. The SMILES string of the molecule is O=C(NC1CCN(C(=O)Nc2ccccc2)CC1)C1CCCc2ccccc21. The third-order valence-corrected chi connectivity index (χ3v) is 5.84. The van der Waals surface area contributed by atoms with E-state index in [1.54, 1.807) is 0 Å². The molecule has 0 aromatic heterocycles. The lowest BCUT2D eigenvalue weighted by Crippen LogP contribution is -2.48. The van der Waals surface area contributed by atoms with E-state index in [9.17, 15) is 9.59 Å². The van der Waals surface area contributed by atoms with Crippen molar-refractivity contribution in [2.24, 2.45) is 0 Å². The molecule has 0 radical (unpaired) electrons. The molecule has 5 heteroatoms. The van der Waals surface area contributed by atoms with Gasteiger partial charge in [-0.3, -0.25) is 4.79 Å². The molecule has 1 unspecified atom stereocenters. The van der Waals surface area contributed by atoms with Gasteiger partial charge in [0, 0.05) is 24.8 Å². The number of benzene rings is 2. The quantitative estimate of drug-likeness (QED) is 0.852. The van der Waals surface area contributed by atoms with Crippen LogP contribution in [-0.4, -0.2) is 36.0 Å². The molecule has 146 valence electrons. The highest BCUT2D eigenvalue weighted by Crippen LogP contribution is 2.31. The Morgan fingerprint density at radius 3 is 2.39 bits per heavy atom. The highest BCUT2D eigenvalue weighted by atomic mass is 16.2. The average molecular weight is 377 g/mol. The number of anilines is 1. The standard InChI is InChI=1S/C23H27N3O2/c27-22(21-12-6-8-17-7-4-5-11-20(17)21)24-19-13-15-26(16-14-19)23(28)25-18-9-2-1-3-10-18/h1-5,7,9-11,19,21H,6,8,12-16H2,(H,24,27)(H,25,28). The molecule has 1 saturated heterocycles. The number of rotatable bonds is 3. The van der Waals surface area contributed by atoms with Crippen molar-refractivity contribution >= 4 is 17.6 Å². The molecule has 1 aliphatic heterocycles. The number of piperidine rings is 1. The first-order valence-corrected chi connectivity index (χ1v) is 10.2. The molecular formula is C23H27N3O2. The van der Waals surface area contributed by atoms with Gasteiger partial charge in [0.1, 0.15) is 0 Å². The predicted octanol–water partition coefficient (Wildman–Crippen LogP) is 3.92. The molecule has 1 heterocycles. The molecule has 0 bridgehead atoms. The van der Waals surface area contributed by atoms with Gasteiger partial charge >= 0.3 is 6.03 Å². The van der Waals surface area contributed by atoms with Gasteiger partial charge in [-0.25, -0.2) is 4.79 Å². The highest BCUT2D eigenvalue weighted by Gasteiger charge is 2.29. The van der Waals surface area contributed by atoms with Crippen LogP contribution in [0.4, 0.5) is 10.5 Å². The lowest BCUT2D eigenvalue weighted by molar-refractivity contribution is -0.123. The Morgan fingerprint density at radius 1 is 0.893 bits per heavy atom. The van der Waals surface area contributed by atoms with Crippen LogP contribution in [-0.2, 0) is 11.2 Å². The van der Waals surface area contributed by atoms with Crippen molar-refractivity contribution in [3.63, 3.8) is 0 Å². The van der Waals surface area contributed by atoms with E-state index >= 15 is 0 Å². The van der Waals surface area contributed by atoms with Crippen molar-refractivity contribution in [3.8, 4) is 0 Å². The van der Waals surface area contributed by atoms with Crippen LogP contribution in [0.15, 0.2) is 54.6 Å². The van der Waals surface area contributed by atoms with E-state index in [2.05, 4.69) is 28.8 Å². The zero-order valence-electron chi connectivity index (χ0n) is 16.1. The number of carbonyl (C=O) groups is 2. The Balaban J connectivity index is 1.29. The fraction of sp³-hybridized carbons (Fsp3) is 0.391. The number of aryl methyl sites for hydroxylation is 1. The Labute approximate surface area is 166 Å². The Hall–Kier alpha value is -2.82. The molecule has 28 heavy (non-hydrogen) atoms. The summed E-state index contributed by atoms with van der Waals surface area (Å²) < 4.78 is 0. The van der Waals surface area contributed by atoms with E-state index in [0.717, 1.165) is 37.8 Å². The lowest BCUT2D eigenvalue weighted by atomic mass is 9.82.